The average molecular weight is 406 g/mol. The summed E-state index contributed by atoms with van der Waals surface area (Å²) in [6, 6.07) is 7.93. The van der Waals surface area contributed by atoms with Gasteiger partial charge >= 0.3 is 6.09 Å². The van der Waals surface area contributed by atoms with Gasteiger partial charge in [0.2, 0.25) is 0 Å². The van der Waals surface area contributed by atoms with E-state index in [0.29, 0.717) is 11.3 Å². The van der Waals surface area contributed by atoms with Crippen LogP contribution < -0.4 is 5.32 Å². The van der Waals surface area contributed by atoms with Crippen LogP contribution in [0.15, 0.2) is 40.9 Å². The molecule has 9 heteroatoms. The van der Waals surface area contributed by atoms with Crippen molar-refractivity contribution in [2.45, 2.75) is 27.0 Å². The van der Waals surface area contributed by atoms with Crippen molar-refractivity contribution in [1.29, 1.82) is 0 Å². The van der Waals surface area contributed by atoms with Gasteiger partial charge in [-0.15, -0.1) is 0 Å². The van der Waals surface area contributed by atoms with E-state index in [4.69, 9.17) is 20.8 Å². The molecule has 2 heterocycles. The molecule has 1 N–H and O–H groups in total. The molecule has 0 spiro atoms. The maximum absolute atomic E-state index is 14.1. The lowest BCUT2D eigenvalue weighted by Gasteiger charge is -2.09. The quantitative estimate of drug-likeness (QED) is 0.607. The second-order valence-electron chi connectivity index (χ2n) is 6.08. The Morgan fingerprint density at radius 3 is 2.79 bits per heavy atom. The molecule has 0 aliphatic heterocycles. The maximum Gasteiger partial charge on any atom is 0.413 e. The fraction of sp³-hybridized carbons (Fsp3) is 0.211. The number of carbonyl (C=O) groups excluding carboxylic acids is 2. The van der Waals surface area contributed by atoms with Gasteiger partial charge in [-0.2, -0.15) is 5.10 Å². The van der Waals surface area contributed by atoms with Crippen LogP contribution in [0.4, 0.5) is 15.0 Å². The third-order valence-electron chi connectivity index (χ3n) is 3.92. The number of ketones is 1. The zero-order valence-electron chi connectivity index (χ0n) is 15.2. The van der Waals surface area contributed by atoms with Crippen molar-refractivity contribution in [3.8, 4) is 0 Å². The zero-order valence-corrected chi connectivity index (χ0v) is 15.9. The molecule has 0 aliphatic carbocycles. The first-order valence-corrected chi connectivity index (χ1v) is 8.71. The number of rotatable bonds is 6. The van der Waals surface area contributed by atoms with E-state index >= 15 is 0 Å². The van der Waals surface area contributed by atoms with Gasteiger partial charge in [0.05, 0.1) is 11.6 Å². The van der Waals surface area contributed by atoms with Crippen molar-refractivity contribution in [3.05, 3.63) is 70.0 Å². The highest BCUT2D eigenvalue weighted by Gasteiger charge is 2.14. The molecule has 146 valence electrons. The molecule has 2 aromatic heterocycles. The van der Waals surface area contributed by atoms with E-state index in [1.54, 1.807) is 43.5 Å². The Hall–Kier alpha value is -3.13. The van der Waals surface area contributed by atoms with Crippen LogP contribution in [-0.2, 0) is 17.9 Å². The number of nitrogens with one attached hydrogen (secondary N) is 1. The van der Waals surface area contributed by atoms with Gasteiger partial charge in [-0.05, 0) is 30.7 Å². The summed E-state index contributed by atoms with van der Waals surface area (Å²) in [5.41, 5.74) is 0.523. The Labute approximate surface area is 165 Å². The molecule has 0 bridgehead atoms. The van der Waals surface area contributed by atoms with Crippen LogP contribution in [0.3, 0.4) is 0 Å². The van der Waals surface area contributed by atoms with Crippen molar-refractivity contribution >= 4 is 29.3 Å². The number of benzene rings is 1. The van der Waals surface area contributed by atoms with Crippen molar-refractivity contribution in [2.75, 3.05) is 5.32 Å². The van der Waals surface area contributed by atoms with E-state index in [2.05, 4.69) is 10.4 Å². The summed E-state index contributed by atoms with van der Waals surface area (Å²) in [5.74, 6) is 0.396. The highest BCUT2D eigenvalue weighted by atomic mass is 35.5. The van der Waals surface area contributed by atoms with E-state index in [9.17, 15) is 14.0 Å². The van der Waals surface area contributed by atoms with E-state index in [1.807, 2.05) is 0 Å². The number of ether oxygens (including phenoxy) is 1. The van der Waals surface area contributed by atoms with Crippen LogP contribution in [0, 0.1) is 12.7 Å². The Morgan fingerprint density at radius 1 is 1.29 bits per heavy atom. The van der Waals surface area contributed by atoms with E-state index < -0.39 is 11.9 Å². The number of hydrogen-bond donors (Lipinski definition) is 1. The van der Waals surface area contributed by atoms with E-state index in [1.165, 1.54) is 11.6 Å². The van der Waals surface area contributed by atoms with Crippen LogP contribution in [-0.4, -0.2) is 21.7 Å². The predicted octanol–water partition coefficient (Wildman–Crippen LogP) is 4.58. The number of anilines is 1. The summed E-state index contributed by atoms with van der Waals surface area (Å²) in [7, 11) is 0. The number of halogens is 2. The number of carbonyl (C=O) groups is 2. The van der Waals surface area contributed by atoms with Gasteiger partial charge in [0.25, 0.3) is 0 Å². The average Bonchev–Trinajstić information content (AvgIpc) is 3.28. The minimum Gasteiger partial charge on any atom is -0.456 e. The highest BCUT2D eigenvalue weighted by Crippen LogP contribution is 2.23. The summed E-state index contributed by atoms with van der Waals surface area (Å²) in [5, 5.41) is 6.80. The molecule has 0 saturated carbocycles. The van der Waals surface area contributed by atoms with Gasteiger partial charge in [-0.1, -0.05) is 17.7 Å². The smallest absolute Gasteiger partial charge is 0.413 e. The molecule has 0 fully saturated rings. The van der Waals surface area contributed by atoms with Crippen molar-refractivity contribution in [1.82, 2.24) is 9.78 Å². The largest absolute Gasteiger partial charge is 0.456 e. The number of hydrogen-bond acceptors (Lipinski definition) is 5. The summed E-state index contributed by atoms with van der Waals surface area (Å²) in [6.45, 7) is 2.99. The van der Waals surface area contributed by atoms with Crippen LogP contribution >= 0.6 is 11.6 Å². The lowest BCUT2D eigenvalue weighted by Crippen LogP contribution is -2.15. The first-order valence-electron chi connectivity index (χ1n) is 8.34. The van der Waals surface area contributed by atoms with Gasteiger partial charge in [0, 0.05) is 24.8 Å². The number of Topliss-reactive ketones (excluding diaryl/α,β-unsaturated/α-hetero) is 1. The topological polar surface area (TPSA) is 86.4 Å². The number of nitrogens with zero attached hydrogens (tertiary/aromatic N) is 2. The molecule has 0 atom stereocenters. The molecule has 0 aliphatic rings. The van der Waals surface area contributed by atoms with Crippen molar-refractivity contribution in [2.24, 2.45) is 0 Å². The molecule has 1 amide bonds. The molecule has 1 aromatic carbocycles. The van der Waals surface area contributed by atoms with E-state index in [-0.39, 0.29) is 41.1 Å². The van der Waals surface area contributed by atoms with Gasteiger partial charge in [0.15, 0.2) is 17.4 Å². The molecule has 0 unspecified atom stereocenters. The Balaban J connectivity index is 1.56. The van der Waals surface area contributed by atoms with Crippen LogP contribution in [0.5, 0.6) is 0 Å². The standard InChI is InChI=1S/C19H17ClFN3O4/c1-11-3-5-15(20)14(18(11)21)10-27-19(26)22-17-7-8-24(23-17)9-13-4-6-16(28-13)12(2)25/h3-8H,9-10H2,1-2H3,(H,22,23,26). The normalized spacial score (nSPS) is 10.7. The lowest BCUT2D eigenvalue weighted by molar-refractivity contribution is 0.0985. The Kier molecular flexibility index (Phi) is 5.79. The second kappa shape index (κ2) is 8.26. The fourth-order valence-electron chi connectivity index (χ4n) is 2.45. The fourth-order valence-corrected chi connectivity index (χ4v) is 2.65. The minimum atomic E-state index is -0.793. The summed E-state index contributed by atoms with van der Waals surface area (Å²) < 4.78 is 26.0. The molecule has 28 heavy (non-hydrogen) atoms. The molecular weight excluding hydrogens is 389 g/mol. The maximum atomic E-state index is 14.1. The lowest BCUT2D eigenvalue weighted by atomic mass is 10.1. The van der Waals surface area contributed by atoms with Crippen molar-refractivity contribution in [3.63, 3.8) is 0 Å². The molecule has 3 rings (SSSR count). The van der Waals surface area contributed by atoms with Gasteiger partial charge < -0.3 is 9.15 Å². The monoisotopic (exact) mass is 405 g/mol. The zero-order chi connectivity index (χ0) is 20.3. The van der Waals surface area contributed by atoms with E-state index in [0.717, 1.165) is 0 Å². The molecule has 0 saturated heterocycles. The number of aryl methyl sites for hydroxylation is 1. The first kappa shape index (κ1) is 19.6. The Morgan fingerprint density at radius 2 is 2.07 bits per heavy atom. The van der Waals surface area contributed by atoms with Crippen LogP contribution in [0.25, 0.3) is 0 Å². The SMILES string of the molecule is CC(=O)c1ccc(Cn2ccc(NC(=O)OCc3c(Cl)ccc(C)c3F)n2)o1. The molecule has 7 nitrogen and oxygen atoms in total. The molecular formula is C19H17ClFN3O4. The predicted molar refractivity (Wildman–Crippen MR) is 100.0 cm³/mol. The number of amides is 1. The third-order valence-corrected chi connectivity index (χ3v) is 4.28. The van der Waals surface area contributed by atoms with Gasteiger partial charge in [-0.3, -0.25) is 14.8 Å². The number of furan rings is 1. The Bertz CT molecular complexity index is 1030. The van der Waals surface area contributed by atoms with Crippen LogP contribution in [0.2, 0.25) is 5.02 Å². The summed E-state index contributed by atoms with van der Waals surface area (Å²) in [6.07, 6.45) is 0.835. The minimum absolute atomic E-state index is 0.112. The summed E-state index contributed by atoms with van der Waals surface area (Å²) in [4.78, 5) is 23.2. The number of aromatic nitrogens is 2. The highest BCUT2D eigenvalue weighted by molar-refractivity contribution is 6.31. The third kappa shape index (κ3) is 4.58. The van der Waals surface area contributed by atoms with Gasteiger partial charge in [-0.25, -0.2) is 9.18 Å². The van der Waals surface area contributed by atoms with Crippen molar-refractivity contribution < 1.29 is 23.1 Å². The summed E-state index contributed by atoms with van der Waals surface area (Å²) >= 11 is 5.95. The second-order valence-corrected chi connectivity index (χ2v) is 6.49. The van der Waals surface area contributed by atoms with Crippen LogP contribution in [0.1, 0.15) is 34.4 Å². The molecule has 0 radical (unpaired) electrons. The molecule has 3 aromatic rings. The van der Waals surface area contributed by atoms with Gasteiger partial charge in [0.1, 0.15) is 18.2 Å². The first-order chi connectivity index (χ1) is 13.3.